The molecule has 2 aromatic rings. The largest absolute Gasteiger partial charge is 0.492 e. The molecule has 3 rings (SSSR count). The highest BCUT2D eigenvalue weighted by Gasteiger charge is 2.21. The number of H-pyrrole nitrogens is 1. The average molecular weight is 261 g/mol. The van der Waals surface area contributed by atoms with Crippen LogP contribution >= 0.6 is 0 Å². The third-order valence-corrected chi connectivity index (χ3v) is 3.76. The second-order valence-electron chi connectivity index (χ2n) is 5.08. The Morgan fingerprint density at radius 1 is 1.26 bits per heavy atom. The molecule has 0 spiro atoms. The van der Waals surface area contributed by atoms with E-state index in [0.717, 1.165) is 48.1 Å². The summed E-state index contributed by atoms with van der Waals surface area (Å²) in [5.74, 6) is 1.54. The molecule has 0 atom stereocenters. The summed E-state index contributed by atoms with van der Waals surface area (Å²) in [5.41, 5.74) is 6.87. The predicted molar refractivity (Wildman–Crippen MR) is 73.5 cm³/mol. The second kappa shape index (κ2) is 5.09. The molecule has 0 bridgehead atoms. The topological polar surface area (TPSA) is 73.2 Å². The maximum atomic E-state index is 6.08. The fourth-order valence-corrected chi connectivity index (χ4v) is 2.66. The van der Waals surface area contributed by atoms with Gasteiger partial charge in [-0.2, -0.15) is 5.10 Å². The molecule has 1 aliphatic rings. The number of aromatic nitrogens is 2. The number of benzene rings is 1. The van der Waals surface area contributed by atoms with Crippen LogP contribution in [0.2, 0.25) is 0 Å². The van der Waals surface area contributed by atoms with E-state index >= 15 is 0 Å². The smallest absolute Gasteiger partial charge is 0.171 e. The van der Waals surface area contributed by atoms with Gasteiger partial charge in [-0.3, -0.25) is 5.10 Å². The molecule has 3 N–H and O–H groups in total. The van der Waals surface area contributed by atoms with E-state index in [1.54, 1.807) is 13.3 Å². The number of fused-ring (bicyclic) bond motifs is 1. The summed E-state index contributed by atoms with van der Waals surface area (Å²) in [6.07, 6.45) is 6.07. The lowest BCUT2D eigenvalue weighted by Gasteiger charge is -2.27. The molecule has 102 valence electrons. The molecule has 1 aliphatic carbocycles. The summed E-state index contributed by atoms with van der Waals surface area (Å²) in [6.45, 7) is 0. The lowest BCUT2D eigenvalue weighted by Crippen LogP contribution is -2.31. The summed E-state index contributed by atoms with van der Waals surface area (Å²) in [7, 11) is 1.66. The summed E-state index contributed by atoms with van der Waals surface area (Å²) in [5, 5.41) is 7.91. The van der Waals surface area contributed by atoms with Gasteiger partial charge in [0.05, 0.1) is 30.3 Å². The van der Waals surface area contributed by atoms with E-state index in [1.807, 2.05) is 12.1 Å². The van der Waals surface area contributed by atoms with Crippen LogP contribution in [0.4, 0.5) is 0 Å². The molecular weight excluding hydrogens is 242 g/mol. The summed E-state index contributed by atoms with van der Waals surface area (Å²) in [6, 6.07) is 4.24. The zero-order chi connectivity index (χ0) is 13.2. The fraction of sp³-hybridized carbons (Fsp3) is 0.500. The molecule has 1 heterocycles. The van der Waals surface area contributed by atoms with E-state index in [-0.39, 0.29) is 6.10 Å². The quantitative estimate of drug-likeness (QED) is 0.888. The Labute approximate surface area is 112 Å². The van der Waals surface area contributed by atoms with Crippen molar-refractivity contribution in [3.8, 4) is 11.5 Å². The number of hydrogen-bond donors (Lipinski definition) is 2. The van der Waals surface area contributed by atoms with Crippen LogP contribution < -0.4 is 15.2 Å². The van der Waals surface area contributed by atoms with Gasteiger partial charge in [-0.1, -0.05) is 0 Å². The van der Waals surface area contributed by atoms with Gasteiger partial charge in [0.1, 0.15) is 0 Å². The number of nitrogens with zero attached hydrogens (tertiary/aromatic N) is 1. The van der Waals surface area contributed by atoms with E-state index in [9.17, 15) is 0 Å². The van der Waals surface area contributed by atoms with Gasteiger partial charge in [0.25, 0.3) is 0 Å². The average Bonchev–Trinajstić information content (AvgIpc) is 2.89. The Morgan fingerprint density at radius 2 is 2.05 bits per heavy atom. The summed E-state index contributed by atoms with van der Waals surface area (Å²) >= 11 is 0. The Balaban J connectivity index is 1.84. The Hall–Kier alpha value is -1.75. The zero-order valence-electron chi connectivity index (χ0n) is 11.1. The first-order chi connectivity index (χ1) is 9.28. The lowest BCUT2D eigenvalue weighted by atomic mass is 9.94. The van der Waals surface area contributed by atoms with Crippen LogP contribution in [0, 0.1) is 0 Å². The monoisotopic (exact) mass is 261 g/mol. The standard InChI is InChI=1S/C14H19N3O2/c1-18-14-11-8-16-17-12(11)6-7-13(14)19-10-4-2-9(15)3-5-10/h6-10H,2-5,15H2,1H3,(H,16,17). The van der Waals surface area contributed by atoms with Gasteiger partial charge in [-0.15, -0.1) is 0 Å². The van der Waals surface area contributed by atoms with Crippen LogP contribution in [0.15, 0.2) is 18.3 Å². The summed E-state index contributed by atoms with van der Waals surface area (Å²) in [4.78, 5) is 0. The molecule has 1 aromatic carbocycles. The number of nitrogens with one attached hydrogen (secondary N) is 1. The molecule has 19 heavy (non-hydrogen) atoms. The highest BCUT2D eigenvalue weighted by Crippen LogP contribution is 2.36. The molecule has 0 amide bonds. The molecular formula is C14H19N3O2. The SMILES string of the molecule is COc1c(OC2CCC(N)CC2)ccc2[nH]ncc12. The van der Waals surface area contributed by atoms with E-state index in [0.29, 0.717) is 6.04 Å². The third-order valence-electron chi connectivity index (χ3n) is 3.76. The van der Waals surface area contributed by atoms with E-state index in [2.05, 4.69) is 10.2 Å². The van der Waals surface area contributed by atoms with Crippen LogP contribution in [0.1, 0.15) is 25.7 Å². The van der Waals surface area contributed by atoms with Crippen molar-refractivity contribution in [2.24, 2.45) is 5.73 Å². The molecule has 5 nitrogen and oxygen atoms in total. The Bertz CT molecular complexity index is 559. The molecule has 0 radical (unpaired) electrons. The highest BCUT2D eigenvalue weighted by molar-refractivity contribution is 5.87. The van der Waals surface area contributed by atoms with Gasteiger partial charge < -0.3 is 15.2 Å². The van der Waals surface area contributed by atoms with Gasteiger partial charge in [0, 0.05) is 6.04 Å². The number of nitrogens with two attached hydrogens (primary N) is 1. The van der Waals surface area contributed by atoms with E-state index in [1.165, 1.54) is 0 Å². The van der Waals surface area contributed by atoms with E-state index in [4.69, 9.17) is 15.2 Å². The highest BCUT2D eigenvalue weighted by atomic mass is 16.5. The van der Waals surface area contributed by atoms with Crippen molar-refractivity contribution in [1.82, 2.24) is 10.2 Å². The van der Waals surface area contributed by atoms with Crippen molar-refractivity contribution in [1.29, 1.82) is 0 Å². The number of hydrogen-bond acceptors (Lipinski definition) is 4. The zero-order valence-corrected chi connectivity index (χ0v) is 11.1. The molecule has 1 fully saturated rings. The van der Waals surface area contributed by atoms with Crippen molar-refractivity contribution < 1.29 is 9.47 Å². The number of ether oxygens (including phenoxy) is 2. The maximum absolute atomic E-state index is 6.08. The molecule has 1 aromatic heterocycles. The molecule has 5 heteroatoms. The number of aromatic amines is 1. The van der Waals surface area contributed by atoms with Crippen molar-refractivity contribution in [3.05, 3.63) is 18.3 Å². The van der Waals surface area contributed by atoms with Crippen LogP contribution in [-0.2, 0) is 0 Å². The second-order valence-corrected chi connectivity index (χ2v) is 5.08. The molecule has 0 saturated heterocycles. The minimum atomic E-state index is 0.234. The maximum Gasteiger partial charge on any atom is 0.171 e. The van der Waals surface area contributed by atoms with Gasteiger partial charge >= 0.3 is 0 Å². The van der Waals surface area contributed by atoms with E-state index < -0.39 is 0 Å². The van der Waals surface area contributed by atoms with Crippen molar-refractivity contribution in [2.45, 2.75) is 37.8 Å². The Kier molecular flexibility index (Phi) is 3.29. The van der Waals surface area contributed by atoms with Crippen LogP contribution in [0.25, 0.3) is 10.9 Å². The molecule has 0 unspecified atom stereocenters. The normalized spacial score (nSPS) is 23.5. The van der Waals surface area contributed by atoms with Gasteiger partial charge in [0.15, 0.2) is 11.5 Å². The van der Waals surface area contributed by atoms with Crippen LogP contribution in [0.5, 0.6) is 11.5 Å². The number of methoxy groups -OCH3 is 1. The Morgan fingerprint density at radius 3 is 2.79 bits per heavy atom. The fourth-order valence-electron chi connectivity index (χ4n) is 2.66. The predicted octanol–water partition coefficient (Wildman–Crippen LogP) is 2.22. The van der Waals surface area contributed by atoms with Crippen molar-refractivity contribution in [3.63, 3.8) is 0 Å². The first-order valence-corrected chi connectivity index (χ1v) is 6.70. The molecule has 0 aliphatic heterocycles. The minimum Gasteiger partial charge on any atom is -0.492 e. The lowest BCUT2D eigenvalue weighted by molar-refractivity contribution is 0.142. The first kappa shape index (κ1) is 12.3. The van der Waals surface area contributed by atoms with Gasteiger partial charge in [0.2, 0.25) is 0 Å². The third kappa shape index (κ3) is 2.38. The van der Waals surface area contributed by atoms with Gasteiger partial charge in [-0.25, -0.2) is 0 Å². The van der Waals surface area contributed by atoms with Crippen LogP contribution in [0.3, 0.4) is 0 Å². The number of rotatable bonds is 3. The van der Waals surface area contributed by atoms with Crippen molar-refractivity contribution in [2.75, 3.05) is 7.11 Å². The summed E-state index contributed by atoms with van der Waals surface area (Å²) < 4.78 is 11.6. The van der Waals surface area contributed by atoms with Gasteiger partial charge in [-0.05, 0) is 37.8 Å². The first-order valence-electron chi connectivity index (χ1n) is 6.70. The van der Waals surface area contributed by atoms with Crippen LogP contribution in [-0.4, -0.2) is 29.5 Å². The van der Waals surface area contributed by atoms with Crippen molar-refractivity contribution >= 4 is 10.9 Å². The minimum absolute atomic E-state index is 0.234. The molecule has 1 saturated carbocycles.